The average Bonchev–Trinajstić information content (AvgIpc) is 3.21. The normalized spacial score (nSPS) is 24.7. The molecular weight excluding hydrogens is 268 g/mol. The van der Waals surface area contributed by atoms with E-state index in [4.69, 9.17) is 0 Å². The zero-order valence-corrected chi connectivity index (χ0v) is 12.4. The highest BCUT2D eigenvalue weighted by atomic mass is 32.2. The molecule has 0 aromatic rings. The number of hydrogen-bond acceptors (Lipinski definition) is 4. The van der Waals surface area contributed by atoms with Crippen molar-refractivity contribution in [3.05, 3.63) is 0 Å². The number of hydrogen-bond donors (Lipinski definition) is 0. The number of sulfonamides is 1. The predicted octanol–water partition coefficient (Wildman–Crippen LogP) is 1.84. The highest BCUT2D eigenvalue weighted by molar-refractivity contribution is 8.00. The first-order valence-electron chi connectivity index (χ1n) is 6.45. The number of thioether (sulfide) groups is 1. The van der Waals surface area contributed by atoms with Crippen molar-refractivity contribution < 1.29 is 8.42 Å². The Morgan fingerprint density at radius 2 is 2.00 bits per heavy atom. The molecule has 0 amide bonds. The highest BCUT2D eigenvalue weighted by Gasteiger charge is 2.38. The van der Waals surface area contributed by atoms with Crippen LogP contribution >= 0.6 is 11.8 Å². The fourth-order valence-electron chi connectivity index (χ4n) is 2.34. The fourth-order valence-corrected chi connectivity index (χ4v) is 4.65. The minimum atomic E-state index is -3.09. The molecular formula is C12H20N2O2S2. The molecule has 2 aliphatic rings. The molecule has 0 bridgehead atoms. The Balaban J connectivity index is 1.90. The maximum absolute atomic E-state index is 12.1. The van der Waals surface area contributed by atoms with Gasteiger partial charge in [0.15, 0.2) is 0 Å². The van der Waals surface area contributed by atoms with Crippen molar-refractivity contribution in [2.75, 3.05) is 25.1 Å². The standard InChI is InChI=1S/C12H20N2O2S2/c1-17-12(10-13)5-7-14(8-6-12)18(15,16)9-4-11-2-3-11/h11H,2-9H2,1H3. The Hall–Kier alpha value is -0.250. The number of nitrogens with zero attached hydrogens (tertiary/aromatic N) is 2. The van der Waals surface area contributed by atoms with Gasteiger partial charge in [-0.1, -0.05) is 12.8 Å². The summed E-state index contributed by atoms with van der Waals surface area (Å²) >= 11 is 1.55. The fraction of sp³-hybridized carbons (Fsp3) is 0.917. The van der Waals surface area contributed by atoms with E-state index in [2.05, 4.69) is 6.07 Å². The van der Waals surface area contributed by atoms with Crippen LogP contribution in [0.4, 0.5) is 0 Å². The second-order valence-electron chi connectivity index (χ2n) is 5.26. The zero-order chi connectivity index (χ0) is 13.2. The first-order valence-corrected chi connectivity index (χ1v) is 9.29. The molecule has 1 saturated heterocycles. The summed E-state index contributed by atoms with van der Waals surface area (Å²) in [6.45, 7) is 1.00. The van der Waals surface area contributed by atoms with E-state index in [1.807, 2.05) is 6.26 Å². The van der Waals surface area contributed by atoms with Crippen LogP contribution in [0, 0.1) is 17.2 Å². The predicted molar refractivity (Wildman–Crippen MR) is 73.8 cm³/mol. The third-order valence-electron chi connectivity index (χ3n) is 4.00. The van der Waals surface area contributed by atoms with Crippen molar-refractivity contribution in [1.29, 1.82) is 5.26 Å². The molecule has 0 radical (unpaired) electrons. The van der Waals surface area contributed by atoms with Gasteiger partial charge in [-0.2, -0.15) is 5.26 Å². The van der Waals surface area contributed by atoms with Crippen LogP contribution < -0.4 is 0 Å². The first-order chi connectivity index (χ1) is 8.51. The van der Waals surface area contributed by atoms with Crippen molar-refractivity contribution in [2.45, 2.75) is 36.9 Å². The van der Waals surface area contributed by atoms with Gasteiger partial charge in [-0.3, -0.25) is 0 Å². The SMILES string of the molecule is CSC1(C#N)CCN(S(=O)(=O)CCC2CC2)CC1. The Kier molecular flexibility index (Phi) is 4.25. The Bertz CT molecular complexity index is 429. The summed E-state index contributed by atoms with van der Waals surface area (Å²) in [6.07, 6.45) is 6.42. The van der Waals surface area contributed by atoms with Gasteiger partial charge in [-0.05, 0) is 31.4 Å². The molecule has 2 rings (SSSR count). The monoisotopic (exact) mass is 288 g/mol. The molecule has 0 aromatic carbocycles. The number of piperidine rings is 1. The van der Waals surface area contributed by atoms with E-state index in [9.17, 15) is 13.7 Å². The number of nitriles is 1. The highest BCUT2D eigenvalue weighted by Crippen LogP contribution is 2.36. The van der Waals surface area contributed by atoms with Gasteiger partial charge in [-0.15, -0.1) is 11.8 Å². The molecule has 0 aromatic heterocycles. The summed E-state index contributed by atoms with van der Waals surface area (Å²) in [5, 5.41) is 9.18. The third kappa shape index (κ3) is 3.19. The minimum Gasteiger partial charge on any atom is -0.212 e. The van der Waals surface area contributed by atoms with Crippen molar-refractivity contribution >= 4 is 21.8 Å². The lowest BCUT2D eigenvalue weighted by Gasteiger charge is -2.35. The lowest BCUT2D eigenvalue weighted by Crippen LogP contribution is -2.45. The molecule has 18 heavy (non-hydrogen) atoms. The molecule has 1 aliphatic carbocycles. The van der Waals surface area contributed by atoms with E-state index < -0.39 is 10.0 Å². The molecule has 2 fully saturated rings. The van der Waals surface area contributed by atoms with Crippen LogP contribution in [0.3, 0.4) is 0 Å². The first kappa shape index (κ1) is 14.2. The molecule has 102 valence electrons. The Morgan fingerprint density at radius 1 is 1.39 bits per heavy atom. The Morgan fingerprint density at radius 3 is 2.44 bits per heavy atom. The van der Waals surface area contributed by atoms with Crippen LogP contribution in [-0.4, -0.2) is 42.6 Å². The summed E-state index contributed by atoms with van der Waals surface area (Å²) < 4.78 is 25.5. The van der Waals surface area contributed by atoms with E-state index >= 15 is 0 Å². The summed E-state index contributed by atoms with van der Waals surface area (Å²) in [4.78, 5) is 0. The van der Waals surface area contributed by atoms with Crippen molar-refractivity contribution in [3.8, 4) is 6.07 Å². The lowest BCUT2D eigenvalue weighted by atomic mass is 9.99. The third-order valence-corrected chi connectivity index (χ3v) is 7.18. The lowest BCUT2D eigenvalue weighted by molar-refractivity contribution is 0.327. The molecule has 0 spiro atoms. The van der Waals surface area contributed by atoms with E-state index in [1.165, 1.54) is 12.8 Å². The maximum atomic E-state index is 12.1. The summed E-state index contributed by atoms with van der Waals surface area (Å²) in [6, 6.07) is 2.34. The minimum absolute atomic E-state index is 0.288. The molecule has 6 heteroatoms. The van der Waals surface area contributed by atoms with Gasteiger partial charge >= 0.3 is 0 Å². The van der Waals surface area contributed by atoms with E-state index in [0.29, 0.717) is 31.8 Å². The van der Waals surface area contributed by atoms with Crippen LogP contribution in [0.5, 0.6) is 0 Å². The van der Waals surface area contributed by atoms with Gasteiger partial charge in [0.25, 0.3) is 0 Å². The van der Waals surface area contributed by atoms with Gasteiger partial charge in [0.1, 0.15) is 4.75 Å². The molecule has 1 aliphatic heterocycles. The van der Waals surface area contributed by atoms with Crippen LogP contribution in [0.25, 0.3) is 0 Å². The number of rotatable bonds is 5. The van der Waals surface area contributed by atoms with Gasteiger partial charge in [0.05, 0.1) is 11.8 Å². The summed E-state index contributed by atoms with van der Waals surface area (Å²) in [5.41, 5.74) is 0. The van der Waals surface area contributed by atoms with Gasteiger partial charge in [0.2, 0.25) is 10.0 Å². The van der Waals surface area contributed by atoms with Gasteiger partial charge < -0.3 is 0 Å². The average molecular weight is 288 g/mol. The molecule has 0 atom stereocenters. The van der Waals surface area contributed by atoms with Crippen LogP contribution in [-0.2, 0) is 10.0 Å². The molecule has 0 unspecified atom stereocenters. The summed E-state index contributed by atoms with van der Waals surface area (Å²) in [7, 11) is -3.09. The van der Waals surface area contributed by atoms with Gasteiger partial charge in [-0.25, -0.2) is 12.7 Å². The molecule has 1 saturated carbocycles. The maximum Gasteiger partial charge on any atom is 0.214 e. The zero-order valence-electron chi connectivity index (χ0n) is 10.8. The molecule has 0 N–H and O–H groups in total. The Labute approximate surface area is 114 Å². The quantitative estimate of drug-likeness (QED) is 0.774. The topological polar surface area (TPSA) is 61.2 Å². The van der Waals surface area contributed by atoms with Crippen LogP contribution in [0.1, 0.15) is 32.1 Å². The van der Waals surface area contributed by atoms with Gasteiger partial charge in [0, 0.05) is 13.1 Å². The largest absolute Gasteiger partial charge is 0.214 e. The van der Waals surface area contributed by atoms with E-state index in [0.717, 1.165) is 6.42 Å². The van der Waals surface area contributed by atoms with Crippen molar-refractivity contribution in [1.82, 2.24) is 4.31 Å². The van der Waals surface area contributed by atoms with Crippen LogP contribution in [0.15, 0.2) is 0 Å². The van der Waals surface area contributed by atoms with Crippen molar-refractivity contribution in [2.24, 2.45) is 5.92 Å². The summed E-state index contributed by atoms with van der Waals surface area (Å²) in [5.74, 6) is 0.935. The smallest absolute Gasteiger partial charge is 0.212 e. The second kappa shape index (κ2) is 5.40. The van der Waals surface area contributed by atoms with Crippen LogP contribution in [0.2, 0.25) is 0 Å². The molecule has 1 heterocycles. The second-order valence-corrected chi connectivity index (χ2v) is 8.54. The van der Waals surface area contributed by atoms with Crippen molar-refractivity contribution in [3.63, 3.8) is 0 Å². The van der Waals surface area contributed by atoms with E-state index in [-0.39, 0.29) is 10.5 Å². The molecule has 4 nitrogen and oxygen atoms in total. The van der Waals surface area contributed by atoms with E-state index in [1.54, 1.807) is 16.1 Å².